The first-order valence-corrected chi connectivity index (χ1v) is 6.68. The van der Waals surface area contributed by atoms with E-state index in [1.54, 1.807) is 12.1 Å². The molecule has 0 fully saturated rings. The molecule has 0 aromatic heterocycles. The number of amidine groups is 1. The highest BCUT2D eigenvalue weighted by Crippen LogP contribution is 2.11. The number of thioether (sulfide) groups is 1. The summed E-state index contributed by atoms with van der Waals surface area (Å²) in [5, 5.41) is 15.3. The molecule has 0 saturated carbocycles. The predicted octanol–water partition coefficient (Wildman–Crippen LogP) is 1.02. The van der Waals surface area contributed by atoms with Gasteiger partial charge in [-0.05, 0) is 24.3 Å². The number of benzene rings is 1. The Hall–Kier alpha value is -2.02. The van der Waals surface area contributed by atoms with Crippen LogP contribution in [0.1, 0.15) is 10.4 Å². The Morgan fingerprint density at radius 1 is 1.37 bits per heavy atom. The Morgan fingerprint density at radius 2 is 2.11 bits per heavy atom. The van der Waals surface area contributed by atoms with Crippen molar-refractivity contribution in [3.05, 3.63) is 29.8 Å². The summed E-state index contributed by atoms with van der Waals surface area (Å²) < 4.78 is 0. The molecule has 0 radical (unpaired) electrons. The number of hydrogen-bond donors (Lipinski definition) is 3. The number of carbonyl (C=O) groups is 2. The Bertz CT molecular complexity index is 513. The van der Waals surface area contributed by atoms with Gasteiger partial charge >= 0.3 is 5.97 Å². The summed E-state index contributed by atoms with van der Waals surface area (Å²) in [6, 6.07) is 6.04. The van der Waals surface area contributed by atoms with E-state index in [1.165, 1.54) is 23.9 Å². The molecule has 1 aliphatic rings. The number of carbonyl (C=O) groups excluding carboxylic acids is 1. The maximum Gasteiger partial charge on any atom is 0.335 e. The number of carboxylic acids is 1. The van der Waals surface area contributed by atoms with Crippen molar-refractivity contribution in [2.45, 2.75) is 0 Å². The third kappa shape index (κ3) is 3.99. The van der Waals surface area contributed by atoms with Crippen LogP contribution < -0.4 is 10.6 Å². The first kappa shape index (κ1) is 13.4. The van der Waals surface area contributed by atoms with Crippen LogP contribution in [-0.2, 0) is 4.79 Å². The molecule has 1 amide bonds. The van der Waals surface area contributed by atoms with Gasteiger partial charge in [0.2, 0.25) is 5.91 Å². The molecule has 7 heteroatoms. The van der Waals surface area contributed by atoms with Crippen LogP contribution in [0, 0.1) is 0 Å². The number of carboxylic acid groups (broad SMARTS) is 1. The topological polar surface area (TPSA) is 90.8 Å². The normalized spacial score (nSPS) is 13.6. The van der Waals surface area contributed by atoms with Crippen molar-refractivity contribution in [3.8, 4) is 0 Å². The average Bonchev–Trinajstić information content (AvgIpc) is 2.90. The van der Waals surface area contributed by atoms with Gasteiger partial charge in [-0.3, -0.25) is 9.79 Å². The minimum atomic E-state index is -0.987. The number of rotatable bonds is 4. The van der Waals surface area contributed by atoms with Gasteiger partial charge in [0.05, 0.1) is 17.9 Å². The second-order valence-corrected chi connectivity index (χ2v) is 4.80. The molecule has 1 aromatic carbocycles. The van der Waals surface area contributed by atoms with Crippen LogP contribution in [0.2, 0.25) is 0 Å². The smallest absolute Gasteiger partial charge is 0.335 e. The molecule has 0 atom stereocenters. The highest BCUT2D eigenvalue weighted by molar-refractivity contribution is 8.14. The second kappa shape index (κ2) is 6.24. The molecule has 0 saturated heterocycles. The number of amides is 1. The maximum atomic E-state index is 11.7. The molecule has 19 heavy (non-hydrogen) atoms. The van der Waals surface area contributed by atoms with Crippen LogP contribution in [0.25, 0.3) is 0 Å². The van der Waals surface area contributed by atoms with Crippen molar-refractivity contribution in [1.29, 1.82) is 0 Å². The highest BCUT2D eigenvalue weighted by Gasteiger charge is 2.09. The van der Waals surface area contributed by atoms with Crippen molar-refractivity contribution in [2.24, 2.45) is 4.99 Å². The Balaban J connectivity index is 1.82. The fourth-order valence-electron chi connectivity index (χ4n) is 1.50. The Morgan fingerprint density at radius 3 is 2.68 bits per heavy atom. The molecule has 0 aliphatic carbocycles. The zero-order chi connectivity index (χ0) is 13.7. The summed E-state index contributed by atoms with van der Waals surface area (Å²) in [6.07, 6.45) is 0. The first-order valence-electron chi connectivity index (χ1n) is 5.69. The van der Waals surface area contributed by atoms with Crippen molar-refractivity contribution < 1.29 is 14.7 Å². The molecule has 0 bridgehead atoms. The van der Waals surface area contributed by atoms with E-state index in [9.17, 15) is 9.59 Å². The standard InChI is InChI=1S/C12H13N3O3S/c16-10(7-19-12-13-5-6-14-12)15-9-3-1-8(2-4-9)11(17)18/h1-4H,5-7H2,(H,13,14)(H,15,16)(H,17,18). The number of aliphatic imine (C=N–C) groups is 1. The van der Waals surface area contributed by atoms with Crippen LogP contribution in [0.5, 0.6) is 0 Å². The van der Waals surface area contributed by atoms with E-state index in [-0.39, 0.29) is 17.2 Å². The zero-order valence-corrected chi connectivity index (χ0v) is 10.9. The third-order valence-corrected chi connectivity index (χ3v) is 3.35. The lowest BCUT2D eigenvalue weighted by Crippen LogP contribution is -2.20. The SMILES string of the molecule is O=C(CSC1=NCCN1)Nc1ccc(C(=O)O)cc1. The summed E-state index contributed by atoms with van der Waals surface area (Å²) in [6.45, 7) is 1.57. The van der Waals surface area contributed by atoms with Crippen LogP contribution in [0.3, 0.4) is 0 Å². The monoisotopic (exact) mass is 279 g/mol. The fraction of sp³-hybridized carbons (Fsp3) is 0.250. The van der Waals surface area contributed by atoms with Crippen molar-refractivity contribution in [2.75, 3.05) is 24.2 Å². The minimum Gasteiger partial charge on any atom is -0.478 e. The van der Waals surface area contributed by atoms with Gasteiger partial charge in [-0.1, -0.05) is 11.8 Å². The lowest BCUT2D eigenvalue weighted by atomic mass is 10.2. The van der Waals surface area contributed by atoms with E-state index in [2.05, 4.69) is 15.6 Å². The molecule has 0 unspecified atom stereocenters. The number of nitrogens with one attached hydrogen (secondary N) is 2. The van der Waals surface area contributed by atoms with E-state index in [0.29, 0.717) is 5.69 Å². The van der Waals surface area contributed by atoms with Gasteiger partial charge in [-0.25, -0.2) is 4.79 Å². The summed E-state index contributed by atoms with van der Waals surface area (Å²) in [7, 11) is 0. The molecular formula is C12H13N3O3S. The van der Waals surface area contributed by atoms with E-state index in [0.717, 1.165) is 18.3 Å². The molecular weight excluding hydrogens is 266 g/mol. The van der Waals surface area contributed by atoms with E-state index in [4.69, 9.17) is 5.11 Å². The van der Waals surface area contributed by atoms with Gasteiger partial charge in [-0.15, -0.1) is 0 Å². The maximum absolute atomic E-state index is 11.7. The van der Waals surface area contributed by atoms with Crippen LogP contribution in [-0.4, -0.2) is 41.0 Å². The lowest BCUT2D eigenvalue weighted by Gasteiger charge is -2.05. The van der Waals surface area contributed by atoms with Crippen molar-refractivity contribution in [3.63, 3.8) is 0 Å². The first-order chi connectivity index (χ1) is 9.15. The van der Waals surface area contributed by atoms with Gasteiger partial charge in [-0.2, -0.15) is 0 Å². The molecule has 1 heterocycles. The average molecular weight is 279 g/mol. The second-order valence-electron chi connectivity index (χ2n) is 3.83. The summed E-state index contributed by atoms with van der Waals surface area (Å²) in [5.74, 6) is -0.866. The molecule has 1 aromatic rings. The Kier molecular flexibility index (Phi) is 4.40. The van der Waals surface area contributed by atoms with Gasteiger partial charge in [0.15, 0.2) is 5.17 Å². The van der Waals surface area contributed by atoms with Gasteiger partial charge in [0.1, 0.15) is 0 Å². The summed E-state index contributed by atoms with van der Waals surface area (Å²) in [5.41, 5.74) is 0.772. The highest BCUT2D eigenvalue weighted by atomic mass is 32.2. The number of nitrogens with zero attached hydrogens (tertiary/aromatic N) is 1. The minimum absolute atomic E-state index is 0.149. The predicted molar refractivity (Wildman–Crippen MR) is 74.8 cm³/mol. The fourth-order valence-corrected chi connectivity index (χ4v) is 2.23. The van der Waals surface area contributed by atoms with Gasteiger partial charge in [0, 0.05) is 12.2 Å². The quantitative estimate of drug-likeness (QED) is 0.765. The molecule has 1 aliphatic heterocycles. The van der Waals surface area contributed by atoms with E-state index < -0.39 is 5.97 Å². The Labute approximate surface area is 114 Å². The summed E-state index contributed by atoms with van der Waals surface area (Å²) >= 11 is 1.35. The van der Waals surface area contributed by atoms with Crippen LogP contribution in [0.15, 0.2) is 29.3 Å². The van der Waals surface area contributed by atoms with Crippen molar-refractivity contribution >= 4 is 34.5 Å². The van der Waals surface area contributed by atoms with Crippen LogP contribution in [0.4, 0.5) is 5.69 Å². The largest absolute Gasteiger partial charge is 0.478 e. The van der Waals surface area contributed by atoms with Crippen LogP contribution >= 0.6 is 11.8 Å². The molecule has 3 N–H and O–H groups in total. The number of anilines is 1. The molecule has 6 nitrogen and oxygen atoms in total. The number of hydrogen-bond acceptors (Lipinski definition) is 5. The van der Waals surface area contributed by atoms with Crippen molar-refractivity contribution in [1.82, 2.24) is 5.32 Å². The van der Waals surface area contributed by atoms with Gasteiger partial charge in [0.25, 0.3) is 0 Å². The van der Waals surface area contributed by atoms with Gasteiger partial charge < -0.3 is 15.7 Å². The number of aromatic carboxylic acids is 1. The molecule has 100 valence electrons. The lowest BCUT2D eigenvalue weighted by molar-refractivity contribution is -0.113. The zero-order valence-electron chi connectivity index (χ0n) is 10.0. The van der Waals surface area contributed by atoms with E-state index >= 15 is 0 Å². The van der Waals surface area contributed by atoms with E-state index in [1.807, 2.05) is 0 Å². The molecule has 0 spiro atoms. The summed E-state index contributed by atoms with van der Waals surface area (Å²) in [4.78, 5) is 26.5. The molecule has 2 rings (SSSR count). The third-order valence-electron chi connectivity index (χ3n) is 2.40.